The van der Waals surface area contributed by atoms with Crippen molar-refractivity contribution in [1.29, 1.82) is 0 Å². The Bertz CT molecular complexity index is 691. The summed E-state index contributed by atoms with van der Waals surface area (Å²) in [4.78, 5) is 19.1. The van der Waals surface area contributed by atoms with Crippen LogP contribution in [0.2, 0.25) is 5.02 Å². The first-order valence-corrected chi connectivity index (χ1v) is 7.89. The molecule has 5 heteroatoms. The number of fused-ring (bicyclic) bond motifs is 1. The fourth-order valence-corrected chi connectivity index (χ4v) is 3.27. The van der Waals surface area contributed by atoms with Crippen LogP contribution in [0.4, 0.5) is 0 Å². The molecule has 0 aromatic carbocycles. The van der Waals surface area contributed by atoms with E-state index in [2.05, 4.69) is 16.9 Å². The molecule has 112 valence electrons. The molecule has 0 amide bonds. The van der Waals surface area contributed by atoms with E-state index in [4.69, 9.17) is 11.6 Å². The lowest BCUT2D eigenvalue weighted by Gasteiger charge is -2.30. The first-order valence-electron chi connectivity index (χ1n) is 7.51. The van der Waals surface area contributed by atoms with Gasteiger partial charge in [-0.2, -0.15) is 0 Å². The van der Waals surface area contributed by atoms with Crippen molar-refractivity contribution in [3.05, 3.63) is 45.5 Å². The lowest BCUT2D eigenvalue weighted by molar-refractivity contribution is 0.183. The number of hydrogen-bond donors (Lipinski definition) is 0. The number of aromatic nitrogens is 2. The Balaban J connectivity index is 1.84. The normalized spacial score (nSPS) is 16.7. The van der Waals surface area contributed by atoms with Crippen molar-refractivity contribution >= 4 is 17.2 Å². The molecule has 0 radical (unpaired) electrons. The van der Waals surface area contributed by atoms with Crippen LogP contribution in [0.25, 0.3) is 5.65 Å². The van der Waals surface area contributed by atoms with E-state index in [1.807, 2.05) is 0 Å². The molecule has 0 aliphatic heterocycles. The second-order valence-electron chi connectivity index (χ2n) is 5.87. The van der Waals surface area contributed by atoms with Crippen LogP contribution in [0.1, 0.15) is 37.8 Å². The maximum absolute atomic E-state index is 12.2. The Hall–Kier alpha value is -1.39. The van der Waals surface area contributed by atoms with Gasteiger partial charge in [-0.05, 0) is 32.0 Å². The van der Waals surface area contributed by atoms with Gasteiger partial charge in [0.15, 0.2) is 0 Å². The molecular weight excluding hydrogens is 286 g/mol. The second kappa shape index (κ2) is 6.16. The molecule has 0 spiro atoms. The van der Waals surface area contributed by atoms with Crippen LogP contribution in [0, 0.1) is 0 Å². The summed E-state index contributed by atoms with van der Waals surface area (Å²) < 4.78 is 1.49. The highest BCUT2D eigenvalue weighted by Gasteiger charge is 2.18. The van der Waals surface area contributed by atoms with E-state index in [9.17, 15) is 4.79 Å². The Morgan fingerprint density at radius 2 is 2.10 bits per heavy atom. The Kier molecular flexibility index (Phi) is 4.27. The molecule has 21 heavy (non-hydrogen) atoms. The van der Waals surface area contributed by atoms with Crippen LogP contribution in [0.3, 0.4) is 0 Å². The zero-order valence-electron chi connectivity index (χ0n) is 12.3. The highest BCUT2D eigenvalue weighted by molar-refractivity contribution is 6.30. The van der Waals surface area contributed by atoms with E-state index in [0.29, 0.717) is 16.7 Å². The smallest absolute Gasteiger partial charge is 0.258 e. The number of hydrogen-bond acceptors (Lipinski definition) is 3. The molecule has 2 aromatic rings. The van der Waals surface area contributed by atoms with Gasteiger partial charge in [-0.3, -0.25) is 14.1 Å². The maximum Gasteiger partial charge on any atom is 0.258 e. The summed E-state index contributed by atoms with van der Waals surface area (Å²) in [5.74, 6) is 0. The summed E-state index contributed by atoms with van der Waals surface area (Å²) in [6.45, 7) is 0.721. The lowest BCUT2D eigenvalue weighted by Crippen LogP contribution is -2.33. The van der Waals surface area contributed by atoms with Crippen LogP contribution in [0.15, 0.2) is 29.2 Å². The van der Waals surface area contributed by atoms with Crippen molar-refractivity contribution in [2.75, 3.05) is 7.05 Å². The van der Waals surface area contributed by atoms with Gasteiger partial charge in [-0.15, -0.1) is 0 Å². The molecule has 1 aliphatic carbocycles. The first-order chi connectivity index (χ1) is 10.1. The van der Waals surface area contributed by atoms with Gasteiger partial charge >= 0.3 is 0 Å². The third-order valence-electron chi connectivity index (χ3n) is 4.29. The zero-order chi connectivity index (χ0) is 14.8. The monoisotopic (exact) mass is 305 g/mol. The van der Waals surface area contributed by atoms with Gasteiger partial charge < -0.3 is 0 Å². The van der Waals surface area contributed by atoms with Gasteiger partial charge in [0.05, 0.1) is 10.7 Å². The molecule has 0 N–H and O–H groups in total. The van der Waals surface area contributed by atoms with Crippen molar-refractivity contribution < 1.29 is 0 Å². The SMILES string of the molecule is CN(Cc1cc(=O)n2cc(Cl)ccc2n1)C1CCCCC1. The number of pyridine rings is 1. The van der Waals surface area contributed by atoms with Gasteiger partial charge in [0, 0.05) is 24.8 Å². The predicted octanol–water partition coefficient (Wildman–Crippen LogP) is 3.11. The fraction of sp³-hybridized carbons (Fsp3) is 0.500. The largest absolute Gasteiger partial charge is 0.298 e. The molecule has 4 nitrogen and oxygen atoms in total. The predicted molar refractivity (Wildman–Crippen MR) is 84.8 cm³/mol. The van der Waals surface area contributed by atoms with Crippen molar-refractivity contribution in [2.45, 2.75) is 44.7 Å². The van der Waals surface area contributed by atoms with E-state index in [0.717, 1.165) is 12.2 Å². The molecule has 1 saturated carbocycles. The molecule has 1 aliphatic rings. The summed E-state index contributed by atoms with van der Waals surface area (Å²) in [6, 6.07) is 5.78. The average Bonchev–Trinajstić information content (AvgIpc) is 2.49. The quantitative estimate of drug-likeness (QED) is 0.874. The number of nitrogens with zero attached hydrogens (tertiary/aromatic N) is 3. The zero-order valence-corrected chi connectivity index (χ0v) is 13.0. The lowest BCUT2D eigenvalue weighted by atomic mass is 9.94. The second-order valence-corrected chi connectivity index (χ2v) is 6.30. The summed E-state index contributed by atoms with van der Waals surface area (Å²) >= 11 is 5.92. The van der Waals surface area contributed by atoms with E-state index in [1.54, 1.807) is 24.4 Å². The number of rotatable bonds is 3. The van der Waals surface area contributed by atoms with Gasteiger partial charge in [0.1, 0.15) is 5.65 Å². The molecule has 1 fully saturated rings. The highest BCUT2D eigenvalue weighted by atomic mass is 35.5. The molecule has 2 heterocycles. The molecule has 3 rings (SSSR count). The maximum atomic E-state index is 12.2. The van der Waals surface area contributed by atoms with Crippen molar-refractivity contribution in [2.24, 2.45) is 0 Å². The van der Waals surface area contributed by atoms with Gasteiger partial charge in [0.2, 0.25) is 0 Å². The summed E-state index contributed by atoms with van der Waals surface area (Å²) in [5, 5.41) is 0.540. The van der Waals surface area contributed by atoms with Crippen molar-refractivity contribution in [3.63, 3.8) is 0 Å². The minimum Gasteiger partial charge on any atom is -0.298 e. The first kappa shape index (κ1) is 14.5. The minimum absolute atomic E-state index is 0.0745. The molecule has 0 saturated heterocycles. The summed E-state index contributed by atoms with van der Waals surface area (Å²) in [7, 11) is 2.13. The Morgan fingerprint density at radius 3 is 2.86 bits per heavy atom. The third kappa shape index (κ3) is 3.27. The molecule has 0 atom stereocenters. The minimum atomic E-state index is -0.0745. The van der Waals surface area contributed by atoms with Crippen LogP contribution >= 0.6 is 11.6 Å². The van der Waals surface area contributed by atoms with Gasteiger partial charge in [0.25, 0.3) is 5.56 Å². The topological polar surface area (TPSA) is 37.6 Å². The summed E-state index contributed by atoms with van der Waals surface area (Å²) in [6.07, 6.45) is 8.07. The van der Waals surface area contributed by atoms with E-state index >= 15 is 0 Å². The molecule has 0 bridgehead atoms. The van der Waals surface area contributed by atoms with Crippen LogP contribution in [-0.2, 0) is 6.54 Å². The van der Waals surface area contributed by atoms with Crippen molar-refractivity contribution in [3.8, 4) is 0 Å². The van der Waals surface area contributed by atoms with Crippen molar-refractivity contribution in [1.82, 2.24) is 14.3 Å². The fourth-order valence-electron chi connectivity index (χ4n) is 3.11. The highest BCUT2D eigenvalue weighted by Crippen LogP contribution is 2.22. The van der Waals surface area contributed by atoms with Crippen LogP contribution in [0.5, 0.6) is 0 Å². The van der Waals surface area contributed by atoms with Crippen LogP contribution in [-0.4, -0.2) is 27.4 Å². The molecule has 0 unspecified atom stereocenters. The van der Waals surface area contributed by atoms with Gasteiger partial charge in [-0.1, -0.05) is 30.9 Å². The van der Waals surface area contributed by atoms with Crippen LogP contribution < -0.4 is 5.56 Å². The third-order valence-corrected chi connectivity index (χ3v) is 4.51. The Labute approximate surface area is 129 Å². The van der Waals surface area contributed by atoms with E-state index in [-0.39, 0.29) is 5.56 Å². The van der Waals surface area contributed by atoms with Gasteiger partial charge in [-0.25, -0.2) is 4.98 Å². The Morgan fingerprint density at radius 1 is 1.33 bits per heavy atom. The van der Waals surface area contributed by atoms with E-state index < -0.39 is 0 Å². The number of halogens is 1. The summed E-state index contributed by atoms with van der Waals surface area (Å²) in [5.41, 5.74) is 1.41. The molecular formula is C16H20ClN3O. The standard InChI is InChI=1S/C16H20ClN3O/c1-19(14-5-3-2-4-6-14)11-13-9-16(21)20-10-12(17)7-8-15(20)18-13/h7-10,14H,2-6,11H2,1H3. The molecule has 2 aromatic heterocycles. The average molecular weight is 306 g/mol. The van der Waals surface area contributed by atoms with E-state index in [1.165, 1.54) is 36.5 Å².